The zero-order valence-corrected chi connectivity index (χ0v) is 8.42. The summed E-state index contributed by atoms with van der Waals surface area (Å²) in [5, 5.41) is 2.89. The third-order valence-electron chi connectivity index (χ3n) is 2.44. The molecule has 0 radical (unpaired) electrons. The van der Waals surface area contributed by atoms with E-state index >= 15 is 0 Å². The Morgan fingerprint density at radius 2 is 2.14 bits per heavy atom. The number of allylic oxidation sites excluding steroid dienone is 6. The Labute approximate surface area is 83.7 Å². The van der Waals surface area contributed by atoms with Gasteiger partial charge in [-0.2, -0.15) is 0 Å². The van der Waals surface area contributed by atoms with E-state index in [9.17, 15) is 4.79 Å². The SMILES string of the molecule is CC1=CC2=C(NC(=O)C2)C(C)=CC=C1. The number of carbonyl (C=O) groups excluding carboxylic acids is 1. The molecule has 1 N–H and O–H groups in total. The fourth-order valence-corrected chi connectivity index (χ4v) is 1.75. The molecule has 72 valence electrons. The highest BCUT2D eigenvalue weighted by atomic mass is 16.1. The lowest BCUT2D eigenvalue weighted by Gasteiger charge is -2.06. The molecule has 0 unspecified atom stereocenters. The number of nitrogens with one attached hydrogen (secondary N) is 1. The lowest BCUT2D eigenvalue weighted by Crippen LogP contribution is -2.15. The van der Waals surface area contributed by atoms with E-state index in [2.05, 4.69) is 17.5 Å². The van der Waals surface area contributed by atoms with Gasteiger partial charge in [-0.3, -0.25) is 4.79 Å². The molecule has 0 aromatic rings. The molecule has 1 aliphatic carbocycles. The first kappa shape index (κ1) is 9.00. The topological polar surface area (TPSA) is 29.1 Å². The fourth-order valence-electron chi connectivity index (χ4n) is 1.75. The molecular weight excluding hydrogens is 174 g/mol. The summed E-state index contributed by atoms with van der Waals surface area (Å²) in [5.41, 5.74) is 4.38. The number of carbonyl (C=O) groups is 1. The van der Waals surface area contributed by atoms with E-state index in [0.717, 1.165) is 16.8 Å². The lowest BCUT2D eigenvalue weighted by molar-refractivity contribution is -0.118. The molecule has 0 atom stereocenters. The molecule has 0 aromatic heterocycles. The molecule has 0 bridgehead atoms. The van der Waals surface area contributed by atoms with Crippen LogP contribution in [0.4, 0.5) is 0 Å². The van der Waals surface area contributed by atoms with Gasteiger partial charge in [-0.05, 0) is 25.0 Å². The Hall–Kier alpha value is -1.57. The van der Waals surface area contributed by atoms with Gasteiger partial charge < -0.3 is 5.32 Å². The molecule has 1 heterocycles. The van der Waals surface area contributed by atoms with Crippen molar-refractivity contribution in [3.63, 3.8) is 0 Å². The Morgan fingerprint density at radius 3 is 2.93 bits per heavy atom. The highest BCUT2D eigenvalue weighted by Crippen LogP contribution is 2.24. The van der Waals surface area contributed by atoms with E-state index in [1.54, 1.807) is 0 Å². The second kappa shape index (κ2) is 3.29. The van der Waals surface area contributed by atoms with Crippen LogP contribution in [0.1, 0.15) is 20.3 Å². The molecule has 2 rings (SSSR count). The summed E-state index contributed by atoms with van der Waals surface area (Å²) in [7, 11) is 0. The van der Waals surface area contributed by atoms with Gasteiger partial charge in [-0.25, -0.2) is 0 Å². The monoisotopic (exact) mass is 187 g/mol. The van der Waals surface area contributed by atoms with Crippen LogP contribution >= 0.6 is 0 Å². The lowest BCUT2D eigenvalue weighted by atomic mass is 10.0. The van der Waals surface area contributed by atoms with Crippen molar-refractivity contribution in [2.45, 2.75) is 20.3 Å². The molecule has 14 heavy (non-hydrogen) atoms. The van der Waals surface area contributed by atoms with Crippen LogP contribution in [0.25, 0.3) is 0 Å². The molecule has 1 aliphatic heterocycles. The van der Waals surface area contributed by atoms with E-state index < -0.39 is 0 Å². The van der Waals surface area contributed by atoms with Crippen LogP contribution in [-0.4, -0.2) is 5.91 Å². The minimum atomic E-state index is 0.0914. The largest absolute Gasteiger partial charge is 0.325 e. The maximum absolute atomic E-state index is 11.3. The van der Waals surface area contributed by atoms with Gasteiger partial charge in [0, 0.05) is 5.70 Å². The molecule has 0 aromatic carbocycles. The molecule has 1 amide bonds. The quantitative estimate of drug-likeness (QED) is 0.619. The predicted octanol–water partition coefficient (Wildman–Crippen LogP) is 2.22. The summed E-state index contributed by atoms with van der Waals surface area (Å²) in [6.45, 7) is 4.05. The highest BCUT2D eigenvalue weighted by molar-refractivity contribution is 5.86. The second-order valence-corrected chi connectivity index (χ2v) is 3.72. The Balaban J connectivity index is 2.47. The first-order chi connectivity index (χ1) is 6.66. The van der Waals surface area contributed by atoms with Crippen molar-refractivity contribution in [3.05, 3.63) is 46.7 Å². The van der Waals surface area contributed by atoms with Crippen molar-refractivity contribution in [1.29, 1.82) is 0 Å². The maximum atomic E-state index is 11.3. The van der Waals surface area contributed by atoms with Gasteiger partial charge in [0.25, 0.3) is 0 Å². The van der Waals surface area contributed by atoms with Crippen LogP contribution in [0.3, 0.4) is 0 Å². The molecule has 0 fully saturated rings. The van der Waals surface area contributed by atoms with E-state index in [0.29, 0.717) is 6.42 Å². The maximum Gasteiger partial charge on any atom is 0.228 e. The van der Waals surface area contributed by atoms with Crippen LogP contribution in [-0.2, 0) is 4.79 Å². The van der Waals surface area contributed by atoms with Gasteiger partial charge in [0.1, 0.15) is 0 Å². The Kier molecular flexibility index (Phi) is 2.12. The molecule has 0 saturated carbocycles. The average molecular weight is 187 g/mol. The first-order valence-corrected chi connectivity index (χ1v) is 4.73. The van der Waals surface area contributed by atoms with E-state index in [4.69, 9.17) is 0 Å². The summed E-state index contributed by atoms with van der Waals surface area (Å²) in [5.74, 6) is 0.0914. The normalized spacial score (nSPS) is 20.9. The zero-order valence-electron chi connectivity index (χ0n) is 8.42. The standard InChI is InChI=1S/C12H13NO/c1-8-4-3-5-9(2)12-10(6-8)7-11(14)13-12/h3-6H,7H2,1-2H3,(H,13,14). The minimum Gasteiger partial charge on any atom is -0.325 e. The highest BCUT2D eigenvalue weighted by Gasteiger charge is 2.20. The van der Waals surface area contributed by atoms with E-state index in [1.165, 1.54) is 5.57 Å². The van der Waals surface area contributed by atoms with Crippen molar-refractivity contribution in [2.75, 3.05) is 0 Å². The Bertz CT molecular complexity index is 408. The number of hydrogen-bond donors (Lipinski definition) is 1. The van der Waals surface area contributed by atoms with Crippen LogP contribution in [0, 0.1) is 0 Å². The molecule has 2 aliphatic rings. The van der Waals surface area contributed by atoms with Gasteiger partial charge in [0.2, 0.25) is 5.91 Å². The van der Waals surface area contributed by atoms with E-state index in [1.807, 2.05) is 26.0 Å². The van der Waals surface area contributed by atoms with Crippen molar-refractivity contribution in [1.82, 2.24) is 5.32 Å². The predicted molar refractivity (Wildman–Crippen MR) is 56.4 cm³/mol. The van der Waals surface area contributed by atoms with Gasteiger partial charge in [-0.1, -0.05) is 29.9 Å². The number of amides is 1. The van der Waals surface area contributed by atoms with Crippen LogP contribution in [0.2, 0.25) is 0 Å². The van der Waals surface area contributed by atoms with Crippen molar-refractivity contribution < 1.29 is 4.79 Å². The molecule has 0 saturated heterocycles. The zero-order chi connectivity index (χ0) is 10.1. The van der Waals surface area contributed by atoms with Gasteiger partial charge in [0.05, 0.1) is 6.42 Å². The first-order valence-electron chi connectivity index (χ1n) is 4.73. The summed E-state index contributed by atoms with van der Waals surface area (Å²) >= 11 is 0. The number of rotatable bonds is 0. The smallest absolute Gasteiger partial charge is 0.228 e. The van der Waals surface area contributed by atoms with Crippen LogP contribution in [0.5, 0.6) is 0 Å². The summed E-state index contributed by atoms with van der Waals surface area (Å²) < 4.78 is 0. The van der Waals surface area contributed by atoms with Gasteiger partial charge in [0.15, 0.2) is 0 Å². The van der Waals surface area contributed by atoms with Crippen molar-refractivity contribution >= 4 is 5.91 Å². The summed E-state index contributed by atoms with van der Waals surface area (Å²) in [6, 6.07) is 0. The van der Waals surface area contributed by atoms with Gasteiger partial charge in [-0.15, -0.1) is 0 Å². The fraction of sp³-hybridized carbons (Fsp3) is 0.250. The van der Waals surface area contributed by atoms with Crippen molar-refractivity contribution in [2.24, 2.45) is 0 Å². The third-order valence-corrected chi connectivity index (χ3v) is 2.44. The minimum absolute atomic E-state index is 0.0914. The second-order valence-electron chi connectivity index (χ2n) is 3.72. The third kappa shape index (κ3) is 1.55. The van der Waals surface area contributed by atoms with E-state index in [-0.39, 0.29) is 5.91 Å². The molecule has 2 nitrogen and oxygen atoms in total. The van der Waals surface area contributed by atoms with Crippen LogP contribution in [0.15, 0.2) is 46.7 Å². The Morgan fingerprint density at radius 1 is 1.36 bits per heavy atom. The van der Waals surface area contributed by atoms with Crippen LogP contribution < -0.4 is 5.32 Å². The molecule has 2 heteroatoms. The summed E-state index contributed by atoms with van der Waals surface area (Å²) in [6.07, 6.45) is 8.66. The molecular formula is C12H13NO. The summed E-state index contributed by atoms with van der Waals surface area (Å²) in [4.78, 5) is 11.3. The van der Waals surface area contributed by atoms with Gasteiger partial charge >= 0.3 is 0 Å². The average Bonchev–Trinajstić information content (AvgIpc) is 2.44. The van der Waals surface area contributed by atoms with Crippen molar-refractivity contribution in [3.8, 4) is 0 Å². The number of hydrogen-bond acceptors (Lipinski definition) is 1. The molecule has 0 spiro atoms.